The fourth-order valence-electron chi connectivity index (χ4n) is 1.97. The fraction of sp³-hybridized carbons (Fsp3) is 0.267. The minimum absolute atomic E-state index is 0.0239. The number of benzene rings is 1. The van der Waals surface area contributed by atoms with Crippen LogP contribution >= 0.6 is 11.3 Å². The maximum absolute atomic E-state index is 11.6. The van der Waals surface area contributed by atoms with E-state index in [1.807, 2.05) is 12.1 Å². The first-order chi connectivity index (χ1) is 11.0. The molecule has 0 aliphatic carbocycles. The van der Waals surface area contributed by atoms with Crippen LogP contribution in [-0.4, -0.2) is 42.7 Å². The summed E-state index contributed by atoms with van der Waals surface area (Å²) < 4.78 is 10.6. The van der Waals surface area contributed by atoms with Crippen LogP contribution in [0.4, 0.5) is 0 Å². The van der Waals surface area contributed by atoms with Crippen molar-refractivity contribution in [3.63, 3.8) is 0 Å². The van der Waals surface area contributed by atoms with E-state index in [2.05, 4.69) is 10.3 Å². The average molecular weight is 336 g/mol. The first-order valence-electron chi connectivity index (χ1n) is 6.69. The van der Waals surface area contributed by atoms with Crippen LogP contribution in [0.25, 0.3) is 10.6 Å². The summed E-state index contributed by atoms with van der Waals surface area (Å²) >= 11 is 1.37. The Kier molecular flexibility index (Phi) is 5.53. The molecule has 0 aliphatic rings. The van der Waals surface area contributed by atoms with Gasteiger partial charge in [-0.3, -0.25) is 9.59 Å². The first kappa shape index (κ1) is 16.8. The molecule has 1 amide bonds. The van der Waals surface area contributed by atoms with E-state index in [-0.39, 0.29) is 12.3 Å². The van der Waals surface area contributed by atoms with E-state index < -0.39 is 12.5 Å². The predicted octanol–water partition coefficient (Wildman–Crippen LogP) is 1.57. The number of thiazole rings is 1. The molecule has 0 atom stereocenters. The number of aliphatic carboxylic acids is 1. The van der Waals surface area contributed by atoms with Crippen LogP contribution < -0.4 is 14.8 Å². The first-order valence-corrected chi connectivity index (χ1v) is 7.57. The second-order valence-electron chi connectivity index (χ2n) is 4.53. The smallest absolute Gasteiger partial charge is 0.322 e. The number of carboxylic acids is 1. The Morgan fingerprint density at radius 1 is 1.30 bits per heavy atom. The molecule has 0 fully saturated rings. The summed E-state index contributed by atoms with van der Waals surface area (Å²) in [6, 6.07) is 5.47. The molecule has 1 heterocycles. The molecule has 23 heavy (non-hydrogen) atoms. The molecule has 0 aliphatic heterocycles. The lowest BCUT2D eigenvalue weighted by Gasteiger charge is -2.10. The molecule has 0 spiro atoms. The summed E-state index contributed by atoms with van der Waals surface area (Å²) in [5.74, 6) is -0.299. The predicted molar refractivity (Wildman–Crippen MR) is 85.0 cm³/mol. The molecule has 8 heteroatoms. The van der Waals surface area contributed by atoms with Crippen molar-refractivity contribution in [2.45, 2.75) is 6.42 Å². The third-order valence-corrected chi connectivity index (χ3v) is 3.89. The zero-order valence-corrected chi connectivity index (χ0v) is 13.5. The van der Waals surface area contributed by atoms with Crippen molar-refractivity contribution in [3.05, 3.63) is 29.3 Å². The number of carbonyl (C=O) groups excluding carboxylic acids is 1. The van der Waals surface area contributed by atoms with Gasteiger partial charge in [-0.25, -0.2) is 4.98 Å². The van der Waals surface area contributed by atoms with Gasteiger partial charge in [0.2, 0.25) is 5.91 Å². The van der Waals surface area contributed by atoms with Crippen LogP contribution in [0.3, 0.4) is 0 Å². The monoisotopic (exact) mass is 336 g/mol. The molecule has 0 radical (unpaired) electrons. The van der Waals surface area contributed by atoms with Gasteiger partial charge in [-0.2, -0.15) is 0 Å². The second-order valence-corrected chi connectivity index (χ2v) is 5.39. The van der Waals surface area contributed by atoms with Crippen LogP contribution in [0.5, 0.6) is 11.5 Å². The van der Waals surface area contributed by atoms with Gasteiger partial charge < -0.3 is 19.9 Å². The Morgan fingerprint density at radius 3 is 2.74 bits per heavy atom. The third-order valence-electron chi connectivity index (χ3n) is 2.96. The van der Waals surface area contributed by atoms with E-state index in [1.54, 1.807) is 25.7 Å². The zero-order valence-electron chi connectivity index (χ0n) is 12.7. The lowest BCUT2D eigenvalue weighted by Crippen LogP contribution is -2.30. The number of amides is 1. The van der Waals surface area contributed by atoms with Gasteiger partial charge >= 0.3 is 5.97 Å². The van der Waals surface area contributed by atoms with Gasteiger partial charge in [0, 0.05) is 5.38 Å². The molecule has 2 N–H and O–H groups in total. The number of hydrogen-bond acceptors (Lipinski definition) is 6. The van der Waals surface area contributed by atoms with Crippen LogP contribution in [-0.2, 0) is 16.0 Å². The Hall–Kier alpha value is -2.61. The quantitative estimate of drug-likeness (QED) is 0.796. The average Bonchev–Trinajstić information content (AvgIpc) is 3.00. The number of rotatable bonds is 7. The minimum Gasteiger partial charge on any atom is -0.493 e. The van der Waals surface area contributed by atoms with Gasteiger partial charge in [-0.05, 0) is 12.1 Å². The van der Waals surface area contributed by atoms with Gasteiger partial charge in [0.05, 0.1) is 31.9 Å². The largest absolute Gasteiger partial charge is 0.493 e. The van der Waals surface area contributed by atoms with Crippen LogP contribution in [0.1, 0.15) is 5.69 Å². The summed E-state index contributed by atoms with van der Waals surface area (Å²) in [5.41, 5.74) is 1.34. The van der Waals surface area contributed by atoms with Gasteiger partial charge in [-0.15, -0.1) is 11.3 Å². The fourth-order valence-corrected chi connectivity index (χ4v) is 2.81. The summed E-state index contributed by atoms with van der Waals surface area (Å²) in [7, 11) is 3.11. The lowest BCUT2D eigenvalue weighted by molar-refractivity contribution is -0.137. The van der Waals surface area contributed by atoms with Gasteiger partial charge in [-0.1, -0.05) is 6.07 Å². The Balaban J connectivity index is 2.16. The highest BCUT2D eigenvalue weighted by atomic mass is 32.1. The molecule has 0 saturated heterocycles. The van der Waals surface area contributed by atoms with E-state index in [0.717, 1.165) is 5.56 Å². The van der Waals surface area contributed by atoms with Crippen molar-refractivity contribution < 1.29 is 24.2 Å². The van der Waals surface area contributed by atoms with Crippen molar-refractivity contribution in [2.75, 3.05) is 20.8 Å². The van der Waals surface area contributed by atoms with Gasteiger partial charge in [0.1, 0.15) is 11.6 Å². The summed E-state index contributed by atoms with van der Waals surface area (Å²) in [5, 5.41) is 13.3. The highest BCUT2D eigenvalue weighted by Gasteiger charge is 2.15. The summed E-state index contributed by atoms with van der Waals surface area (Å²) in [4.78, 5) is 26.5. The van der Waals surface area contributed by atoms with E-state index in [0.29, 0.717) is 22.2 Å². The molecule has 0 bridgehead atoms. The molecule has 1 aromatic heterocycles. The molecule has 7 nitrogen and oxygen atoms in total. The molecular weight excluding hydrogens is 320 g/mol. The van der Waals surface area contributed by atoms with Crippen LogP contribution in [0.15, 0.2) is 23.6 Å². The van der Waals surface area contributed by atoms with Gasteiger partial charge in [0.15, 0.2) is 11.5 Å². The van der Waals surface area contributed by atoms with Crippen molar-refractivity contribution >= 4 is 23.2 Å². The SMILES string of the molecule is COc1cccc(-c2nc(CC(=O)NCC(=O)O)cs2)c1OC. The molecule has 2 rings (SSSR count). The van der Waals surface area contributed by atoms with E-state index in [9.17, 15) is 9.59 Å². The number of para-hydroxylation sites is 1. The molecule has 0 saturated carbocycles. The Bertz CT molecular complexity index is 714. The molecule has 1 aromatic carbocycles. The zero-order chi connectivity index (χ0) is 16.8. The van der Waals surface area contributed by atoms with Crippen molar-refractivity contribution in [2.24, 2.45) is 0 Å². The molecular formula is C15H16N2O5S. The number of carboxylic acid groups (broad SMARTS) is 1. The topological polar surface area (TPSA) is 97.8 Å². The second kappa shape index (κ2) is 7.59. The molecule has 122 valence electrons. The summed E-state index contributed by atoms with van der Waals surface area (Å²) in [6.07, 6.45) is 0.0239. The highest BCUT2D eigenvalue weighted by Crippen LogP contribution is 2.38. The maximum Gasteiger partial charge on any atom is 0.322 e. The molecule has 2 aromatic rings. The minimum atomic E-state index is -1.08. The van der Waals surface area contributed by atoms with Gasteiger partial charge in [0.25, 0.3) is 0 Å². The Morgan fingerprint density at radius 2 is 2.09 bits per heavy atom. The molecule has 0 unspecified atom stereocenters. The maximum atomic E-state index is 11.6. The third kappa shape index (κ3) is 4.19. The van der Waals surface area contributed by atoms with Crippen molar-refractivity contribution in [1.82, 2.24) is 10.3 Å². The number of nitrogens with zero attached hydrogens (tertiary/aromatic N) is 1. The standard InChI is InChI=1S/C15H16N2O5S/c1-21-11-5-3-4-10(14(11)22-2)15-17-9(8-23-15)6-12(18)16-7-13(19)20/h3-5,8H,6-7H2,1-2H3,(H,16,18)(H,19,20). The van der Waals surface area contributed by atoms with E-state index in [1.165, 1.54) is 11.3 Å². The van der Waals surface area contributed by atoms with Crippen LogP contribution in [0.2, 0.25) is 0 Å². The number of methoxy groups -OCH3 is 2. The van der Waals surface area contributed by atoms with Crippen LogP contribution in [0, 0.1) is 0 Å². The number of carbonyl (C=O) groups is 2. The normalized spacial score (nSPS) is 10.2. The number of aromatic nitrogens is 1. The van der Waals surface area contributed by atoms with Crippen molar-refractivity contribution in [3.8, 4) is 22.1 Å². The number of nitrogens with one attached hydrogen (secondary N) is 1. The summed E-state index contributed by atoms with van der Waals surface area (Å²) in [6.45, 7) is -0.403. The number of ether oxygens (including phenoxy) is 2. The van der Waals surface area contributed by atoms with E-state index in [4.69, 9.17) is 14.6 Å². The Labute approximate surface area is 136 Å². The van der Waals surface area contributed by atoms with E-state index >= 15 is 0 Å². The van der Waals surface area contributed by atoms with Crippen molar-refractivity contribution in [1.29, 1.82) is 0 Å². The lowest BCUT2D eigenvalue weighted by atomic mass is 10.2. The highest BCUT2D eigenvalue weighted by molar-refractivity contribution is 7.13. The number of hydrogen-bond donors (Lipinski definition) is 2.